The Morgan fingerprint density at radius 3 is 2.14 bits per heavy atom. The molecule has 1 aliphatic heterocycles. The van der Waals surface area contributed by atoms with Gasteiger partial charge in [0.2, 0.25) is 0 Å². The molecule has 0 aromatic heterocycles. The number of hydrogen-bond donors (Lipinski definition) is 0. The van der Waals surface area contributed by atoms with E-state index in [1.54, 1.807) is 0 Å². The first-order chi connectivity index (χ1) is 10.1. The molecule has 0 N–H and O–H groups in total. The van der Waals surface area contributed by atoms with Crippen LogP contribution in [-0.2, 0) is 10.1 Å². The molecule has 1 aliphatic rings. The van der Waals surface area contributed by atoms with Gasteiger partial charge in [-0.05, 0) is 18.2 Å². The van der Waals surface area contributed by atoms with Crippen LogP contribution in [0.1, 0.15) is 10.4 Å². The lowest BCUT2D eigenvalue weighted by atomic mass is 10.0. The van der Waals surface area contributed by atoms with Gasteiger partial charge in [0.05, 0.1) is 24.2 Å². The molecular formula is C16H17NO4S. The van der Waals surface area contributed by atoms with Crippen molar-refractivity contribution in [2.24, 2.45) is 0 Å². The van der Waals surface area contributed by atoms with Gasteiger partial charge in [-0.3, -0.25) is 9.28 Å². The van der Waals surface area contributed by atoms with Crippen LogP contribution in [-0.4, -0.2) is 39.6 Å². The number of carbonyl (C=O) groups is 1. The Labute approximate surface area is 130 Å². The first-order valence-corrected chi connectivity index (χ1v) is 8.41. The van der Waals surface area contributed by atoms with Crippen LogP contribution in [0.3, 0.4) is 0 Å². The van der Waals surface area contributed by atoms with Gasteiger partial charge in [0.25, 0.3) is 0 Å². The average molecular weight is 319 g/mol. The van der Waals surface area contributed by atoms with Crippen LogP contribution in [0.2, 0.25) is 0 Å². The maximum absolute atomic E-state index is 10.9. The van der Waals surface area contributed by atoms with Gasteiger partial charge in [0.1, 0.15) is 17.7 Å². The number of para-hydroxylation sites is 1. The minimum Gasteiger partial charge on any atom is -0.748 e. The van der Waals surface area contributed by atoms with E-state index < -0.39 is 10.1 Å². The summed E-state index contributed by atoms with van der Waals surface area (Å²) in [6.07, 6.45) is 1.51. The summed E-state index contributed by atoms with van der Waals surface area (Å²) in [7, 11) is 0.427. The van der Waals surface area contributed by atoms with E-state index in [1.165, 1.54) is 22.5 Å². The number of nitrogens with zero attached hydrogens (tertiary/aromatic N) is 1. The molecule has 0 spiro atoms. The van der Waals surface area contributed by atoms with E-state index in [2.05, 4.69) is 38.4 Å². The van der Waals surface area contributed by atoms with Crippen molar-refractivity contribution in [1.29, 1.82) is 0 Å². The number of carbonyl (C=O) groups excluding carboxylic acids is 1. The predicted molar refractivity (Wildman–Crippen MR) is 86.2 cm³/mol. The van der Waals surface area contributed by atoms with Gasteiger partial charge in [-0.15, -0.1) is 0 Å². The third kappa shape index (κ3) is 3.24. The Balaban J connectivity index is 0.000000309. The second-order valence-corrected chi connectivity index (χ2v) is 6.98. The molecule has 0 aliphatic carbocycles. The SMILES string of the molecule is CS(=O)(=O)[O-].C[N+]1(C)c2ccccc2-c2cc(C=O)ccc21. The number of benzene rings is 2. The molecule has 0 fully saturated rings. The fourth-order valence-corrected chi connectivity index (χ4v) is 2.65. The summed E-state index contributed by atoms with van der Waals surface area (Å²) < 4.78 is 28.0. The van der Waals surface area contributed by atoms with Crippen LogP contribution in [0, 0.1) is 0 Å². The summed E-state index contributed by atoms with van der Waals surface area (Å²) in [5.41, 5.74) is 5.68. The van der Waals surface area contributed by atoms with Crippen LogP contribution < -0.4 is 4.48 Å². The highest BCUT2D eigenvalue weighted by Gasteiger charge is 2.36. The van der Waals surface area contributed by atoms with Gasteiger partial charge < -0.3 is 4.55 Å². The van der Waals surface area contributed by atoms with Gasteiger partial charge in [-0.25, -0.2) is 8.42 Å². The van der Waals surface area contributed by atoms with Crippen molar-refractivity contribution < 1.29 is 17.8 Å². The van der Waals surface area contributed by atoms with Crippen molar-refractivity contribution in [2.45, 2.75) is 0 Å². The smallest absolute Gasteiger partial charge is 0.150 e. The van der Waals surface area contributed by atoms with Crippen LogP contribution in [0.15, 0.2) is 42.5 Å². The second-order valence-electron chi connectivity index (χ2n) is 5.57. The molecule has 0 atom stereocenters. The molecule has 22 heavy (non-hydrogen) atoms. The molecule has 1 heterocycles. The van der Waals surface area contributed by atoms with E-state index in [1.807, 2.05) is 18.2 Å². The van der Waals surface area contributed by atoms with Gasteiger partial charge in [0, 0.05) is 35.1 Å². The van der Waals surface area contributed by atoms with Crippen LogP contribution >= 0.6 is 0 Å². The van der Waals surface area contributed by atoms with Crippen molar-refractivity contribution in [3.8, 4) is 11.1 Å². The van der Waals surface area contributed by atoms with Gasteiger partial charge >= 0.3 is 0 Å². The normalized spacial score (nSPS) is 14.4. The maximum Gasteiger partial charge on any atom is 0.150 e. The fourth-order valence-electron chi connectivity index (χ4n) is 2.65. The summed E-state index contributed by atoms with van der Waals surface area (Å²) in [5.74, 6) is 0. The zero-order valence-electron chi connectivity index (χ0n) is 12.6. The first kappa shape index (κ1) is 16.4. The molecule has 0 amide bonds. The number of fused-ring (bicyclic) bond motifs is 3. The van der Waals surface area contributed by atoms with Crippen molar-refractivity contribution in [3.63, 3.8) is 0 Å². The molecule has 0 saturated heterocycles. The van der Waals surface area contributed by atoms with Gasteiger partial charge in [-0.2, -0.15) is 0 Å². The summed E-state index contributed by atoms with van der Waals surface area (Å²) >= 11 is 0. The Hall–Kier alpha value is -2.02. The lowest BCUT2D eigenvalue weighted by Crippen LogP contribution is -2.31. The lowest BCUT2D eigenvalue weighted by molar-refractivity contribution is 0.112. The van der Waals surface area contributed by atoms with Gasteiger partial charge in [0.15, 0.2) is 0 Å². The van der Waals surface area contributed by atoms with E-state index >= 15 is 0 Å². The van der Waals surface area contributed by atoms with E-state index in [0.717, 1.165) is 16.3 Å². The summed E-state index contributed by atoms with van der Waals surface area (Å²) in [6.45, 7) is 0. The Morgan fingerprint density at radius 2 is 1.55 bits per heavy atom. The molecule has 6 heteroatoms. The van der Waals surface area contributed by atoms with E-state index in [9.17, 15) is 4.79 Å². The van der Waals surface area contributed by atoms with E-state index in [-0.39, 0.29) is 0 Å². The lowest BCUT2D eigenvalue weighted by Gasteiger charge is -2.24. The summed E-state index contributed by atoms with van der Waals surface area (Å²) in [4.78, 5) is 10.9. The number of hydrogen-bond acceptors (Lipinski definition) is 4. The standard InChI is InChI=1S/C15H14NO.CH4O3S/c1-16(2)14-6-4-3-5-12(14)13-9-11(10-17)7-8-15(13)16;1-5(2,3)4/h3-10H,1-2H3;1H3,(H,2,3,4)/q+1;/p-1. The second kappa shape index (κ2) is 5.64. The Morgan fingerprint density at radius 1 is 1.00 bits per heavy atom. The van der Waals surface area contributed by atoms with Crippen LogP contribution in [0.25, 0.3) is 11.1 Å². The number of aldehydes is 1. The van der Waals surface area contributed by atoms with Crippen LogP contribution in [0.5, 0.6) is 0 Å². The fraction of sp³-hybridized carbons (Fsp3) is 0.188. The average Bonchev–Trinajstić information content (AvgIpc) is 2.66. The minimum absolute atomic E-state index is 0.604. The predicted octanol–water partition coefficient (Wildman–Crippen LogP) is 2.54. The Kier molecular flexibility index (Phi) is 4.19. The van der Waals surface area contributed by atoms with Crippen molar-refractivity contribution in [3.05, 3.63) is 48.0 Å². The molecule has 0 bridgehead atoms. The Bertz CT molecular complexity index is 818. The molecule has 0 saturated carbocycles. The zero-order chi connectivity index (χ0) is 16.5. The highest BCUT2D eigenvalue weighted by Crippen LogP contribution is 2.50. The summed E-state index contributed by atoms with van der Waals surface area (Å²) in [5, 5.41) is 0. The van der Waals surface area contributed by atoms with Gasteiger partial charge in [-0.1, -0.05) is 12.1 Å². The maximum atomic E-state index is 10.9. The monoisotopic (exact) mass is 319 g/mol. The molecule has 0 unspecified atom stereocenters. The van der Waals surface area contributed by atoms with E-state index in [0.29, 0.717) is 6.26 Å². The minimum atomic E-state index is -3.92. The zero-order valence-corrected chi connectivity index (χ0v) is 13.4. The quantitative estimate of drug-likeness (QED) is 0.460. The topological polar surface area (TPSA) is 74.3 Å². The van der Waals surface area contributed by atoms with Crippen molar-refractivity contribution in [2.75, 3.05) is 20.4 Å². The number of rotatable bonds is 1. The highest BCUT2D eigenvalue weighted by molar-refractivity contribution is 7.84. The van der Waals surface area contributed by atoms with E-state index in [4.69, 9.17) is 13.0 Å². The number of quaternary nitrogens is 1. The molecule has 3 rings (SSSR count). The third-order valence-electron chi connectivity index (χ3n) is 3.56. The summed E-state index contributed by atoms with van der Waals surface area (Å²) in [6, 6.07) is 14.3. The van der Waals surface area contributed by atoms with Crippen molar-refractivity contribution >= 4 is 27.8 Å². The first-order valence-electron chi connectivity index (χ1n) is 6.59. The van der Waals surface area contributed by atoms with Crippen LogP contribution in [0.4, 0.5) is 11.4 Å². The molecule has 2 aromatic rings. The molecule has 0 radical (unpaired) electrons. The highest BCUT2D eigenvalue weighted by atomic mass is 32.2. The molecule has 2 aromatic carbocycles. The molecule has 116 valence electrons. The molecular weight excluding hydrogens is 302 g/mol. The third-order valence-corrected chi connectivity index (χ3v) is 3.56. The van der Waals surface area contributed by atoms with Crippen molar-refractivity contribution in [1.82, 2.24) is 4.48 Å². The largest absolute Gasteiger partial charge is 0.748 e. The molecule has 5 nitrogen and oxygen atoms in total.